The fourth-order valence-electron chi connectivity index (χ4n) is 2.48. The van der Waals surface area contributed by atoms with Crippen LogP contribution in [0.25, 0.3) is 0 Å². The first kappa shape index (κ1) is 12.0. The number of ether oxygens (including phenoxy) is 2. The fraction of sp³-hybridized carbons (Fsp3) is 0.500. The van der Waals surface area contributed by atoms with Crippen molar-refractivity contribution in [1.29, 1.82) is 0 Å². The van der Waals surface area contributed by atoms with Gasteiger partial charge in [-0.15, -0.1) is 0 Å². The van der Waals surface area contributed by atoms with Crippen molar-refractivity contribution in [1.82, 2.24) is 0 Å². The van der Waals surface area contributed by atoms with Crippen LogP contribution >= 0.6 is 0 Å². The Labute approximate surface area is 102 Å². The summed E-state index contributed by atoms with van der Waals surface area (Å²) in [5.74, 6) is -1.91. The maximum Gasteiger partial charge on any atom is 0.225 e. The zero-order chi connectivity index (χ0) is 12.9. The first-order chi connectivity index (χ1) is 8.54. The van der Waals surface area contributed by atoms with E-state index in [0.29, 0.717) is 11.1 Å². The monoisotopic (exact) mass is 256 g/mol. The molecule has 98 valence electrons. The molecule has 2 aliphatic heterocycles. The first-order valence-corrected chi connectivity index (χ1v) is 5.65. The quantitative estimate of drug-likeness (QED) is 0.590. The second-order valence-electron chi connectivity index (χ2n) is 4.57. The molecule has 4 unspecified atom stereocenters. The Morgan fingerprint density at radius 2 is 2.00 bits per heavy atom. The molecule has 6 heteroatoms. The van der Waals surface area contributed by atoms with Crippen LogP contribution in [0, 0.1) is 5.82 Å². The van der Waals surface area contributed by atoms with Crippen LogP contribution in [0.15, 0.2) is 18.2 Å². The molecule has 1 spiro atoms. The Bertz CT molecular complexity index is 480. The van der Waals surface area contributed by atoms with Crippen LogP contribution < -0.4 is 0 Å². The summed E-state index contributed by atoms with van der Waals surface area (Å²) in [5, 5.41) is 29.2. The summed E-state index contributed by atoms with van der Waals surface area (Å²) >= 11 is 0. The smallest absolute Gasteiger partial charge is 0.225 e. The molecule has 5 nitrogen and oxygen atoms in total. The van der Waals surface area contributed by atoms with Gasteiger partial charge in [0.05, 0.1) is 13.2 Å². The molecule has 3 rings (SSSR count). The lowest BCUT2D eigenvalue weighted by atomic mass is 9.90. The van der Waals surface area contributed by atoms with Gasteiger partial charge in [-0.25, -0.2) is 4.39 Å². The van der Waals surface area contributed by atoms with Gasteiger partial charge in [0.2, 0.25) is 5.79 Å². The molecular weight excluding hydrogens is 243 g/mol. The van der Waals surface area contributed by atoms with Gasteiger partial charge in [-0.1, -0.05) is 6.07 Å². The van der Waals surface area contributed by atoms with Crippen molar-refractivity contribution in [2.24, 2.45) is 0 Å². The van der Waals surface area contributed by atoms with Crippen LogP contribution in [-0.2, 0) is 21.9 Å². The van der Waals surface area contributed by atoms with Crippen molar-refractivity contribution in [3.05, 3.63) is 35.1 Å². The molecule has 0 aliphatic carbocycles. The lowest BCUT2D eigenvalue weighted by Crippen LogP contribution is -2.58. The average molecular weight is 256 g/mol. The largest absolute Gasteiger partial charge is 0.388 e. The normalized spacial score (nSPS) is 39.0. The van der Waals surface area contributed by atoms with Crippen LogP contribution in [0.5, 0.6) is 0 Å². The lowest BCUT2D eigenvalue weighted by molar-refractivity contribution is -0.342. The number of rotatable bonds is 0. The van der Waals surface area contributed by atoms with Crippen molar-refractivity contribution in [2.75, 3.05) is 6.61 Å². The van der Waals surface area contributed by atoms with E-state index in [2.05, 4.69) is 0 Å². The van der Waals surface area contributed by atoms with Gasteiger partial charge in [0.25, 0.3) is 0 Å². The molecule has 0 radical (unpaired) electrons. The SMILES string of the molecule is OC1COC2(OCc3cc(F)ccc32)C(O)C1O. The van der Waals surface area contributed by atoms with E-state index in [-0.39, 0.29) is 13.2 Å². The number of aliphatic hydroxyl groups is 3. The zero-order valence-corrected chi connectivity index (χ0v) is 9.41. The van der Waals surface area contributed by atoms with Gasteiger partial charge >= 0.3 is 0 Å². The predicted octanol–water partition coefficient (Wildman–Crippen LogP) is -0.378. The molecule has 0 amide bonds. The second-order valence-corrected chi connectivity index (χ2v) is 4.57. The molecule has 0 saturated carbocycles. The third kappa shape index (κ3) is 1.51. The van der Waals surface area contributed by atoms with E-state index in [1.807, 2.05) is 0 Å². The van der Waals surface area contributed by atoms with E-state index in [4.69, 9.17) is 9.47 Å². The van der Waals surface area contributed by atoms with E-state index in [1.54, 1.807) is 0 Å². The minimum absolute atomic E-state index is 0.0902. The summed E-state index contributed by atoms with van der Waals surface area (Å²) in [5.41, 5.74) is 1.06. The van der Waals surface area contributed by atoms with Crippen LogP contribution in [0.2, 0.25) is 0 Å². The van der Waals surface area contributed by atoms with Crippen molar-refractivity contribution in [3.8, 4) is 0 Å². The molecule has 0 bridgehead atoms. The van der Waals surface area contributed by atoms with Gasteiger partial charge in [-0.2, -0.15) is 0 Å². The summed E-state index contributed by atoms with van der Waals surface area (Å²) < 4.78 is 23.9. The molecule has 1 aromatic rings. The molecule has 2 aliphatic rings. The maximum absolute atomic E-state index is 13.1. The molecule has 1 saturated heterocycles. The van der Waals surface area contributed by atoms with Crippen molar-refractivity contribution >= 4 is 0 Å². The number of halogens is 1. The van der Waals surface area contributed by atoms with Crippen LogP contribution in [-0.4, -0.2) is 40.2 Å². The second kappa shape index (κ2) is 3.97. The minimum Gasteiger partial charge on any atom is -0.388 e. The summed E-state index contributed by atoms with van der Waals surface area (Å²) in [6.45, 7) is -0.0674. The summed E-state index contributed by atoms with van der Waals surface area (Å²) in [7, 11) is 0. The Morgan fingerprint density at radius 1 is 1.22 bits per heavy atom. The predicted molar refractivity (Wildman–Crippen MR) is 56.8 cm³/mol. The van der Waals surface area contributed by atoms with Gasteiger partial charge in [0, 0.05) is 5.56 Å². The topological polar surface area (TPSA) is 79.2 Å². The van der Waals surface area contributed by atoms with Gasteiger partial charge in [-0.05, 0) is 17.7 Å². The van der Waals surface area contributed by atoms with E-state index in [1.165, 1.54) is 18.2 Å². The van der Waals surface area contributed by atoms with Crippen molar-refractivity contribution in [2.45, 2.75) is 30.7 Å². The molecule has 1 aromatic carbocycles. The molecule has 0 aromatic heterocycles. The number of aliphatic hydroxyl groups excluding tert-OH is 3. The Hall–Kier alpha value is -1.05. The number of fused-ring (bicyclic) bond motifs is 2. The Balaban J connectivity index is 2.04. The zero-order valence-electron chi connectivity index (χ0n) is 9.41. The van der Waals surface area contributed by atoms with Crippen LogP contribution in [0.4, 0.5) is 4.39 Å². The third-order valence-electron chi connectivity index (χ3n) is 3.46. The van der Waals surface area contributed by atoms with Gasteiger partial charge in [0.1, 0.15) is 24.1 Å². The highest BCUT2D eigenvalue weighted by molar-refractivity contribution is 5.36. The standard InChI is InChI=1S/C12H13FO5/c13-7-1-2-8-6(3-7)4-17-12(8)11(16)10(15)9(14)5-18-12/h1-3,9-11,14-16H,4-5H2. The number of hydrogen-bond acceptors (Lipinski definition) is 5. The number of hydrogen-bond donors (Lipinski definition) is 3. The molecule has 3 N–H and O–H groups in total. The molecule has 1 fully saturated rings. The fourth-order valence-corrected chi connectivity index (χ4v) is 2.48. The molecule has 4 atom stereocenters. The molecular formula is C12H13FO5. The third-order valence-corrected chi connectivity index (χ3v) is 3.46. The van der Waals surface area contributed by atoms with Gasteiger partial charge in [0.15, 0.2) is 0 Å². The first-order valence-electron chi connectivity index (χ1n) is 5.65. The van der Waals surface area contributed by atoms with E-state index >= 15 is 0 Å². The molecule has 18 heavy (non-hydrogen) atoms. The lowest BCUT2D eigenvalue weighted by Gasteiger charge is -2.42. The highest BCUT2D eigenvalue weighted by atomic mass is 19.1. The van der Waals surface area contributed by atoms with Crippen LogP contribution in [0.3, 0.4) is 0 Å². The highest BCUT2D eigenvalue weighted by Crippen LogP contribution is 2.44. The van der Waals surface area contributed by atoms with E-state index < -0.39 is 29.9 Å². The van der Waals surface area contributed by atoms with E-state index in [0.717, 1.165) is 0 Å². The van der Waals surface area contributed by atoms with Crippen molar-refractivity contribution < 1.29 is 29.2 Å². The summed E-state index contributed by atoms with van der Waals surface area (Å²) in [6.07, 6.45) is -3.96. The summed E-state index contributed by atoms with van der Waals surface area (Å²) in [6, 6.07) is 4.01. The average Bonchev–Trinajstić information content (AvgIpc) is 2.71. The van der Waals surface area contributed by atoms with Gasteiger partial charge in [-0.3, -0.25) is 0 Å². The van der Waals surface area contributed by atoms with Gasteiger partial charge < -0.3 is 24.8 Å². The highest BCUT2D eigenvalue weighted by Gasteiger charge is 2.55. The Morgan fingerprint density at radius 3 is 2.78 bits per heavy atom. The maximum atomic E-state index is 13.1. The van der Waals surface area contributed by atoms with Crippen molar-refractivity contribution in [3.63, 3.8) is 0 Å². The Kier molecular flexibility index (Phi) is 2.65. The van der Waals surface area contributed by atoms with E-state index in [9.17, 15) is 19.7 Å². The summed E-state index contributed by atoms with van der Waals surface area (Å²) in [4.78, 5) is 0. The molecule has 2 heterocycles. The minimum atomic E-state index is -1.51. The van der Waals surface area contributed by atoms with Crippen LogP contribution in [0.1, 0.15) is 11.1 Å². The number of benzene rings is 1.